The summed E-state index contributed by atoms with van der Waals surface area (Å²) in [6.45, 7) is 6.60. The molecule has 0 spiro atoms. The largest absolute Gasteiger partial charge is 0.342 e. The first-order valence-corrected chi connectivity index (χ1v) is 8.62. The highest BCUT2D eigenvalue weighted by Crippen LogP contribution is 2.16. The molecule has 0 heterocycles. The SMILES string of the molecule is CC(=O)N(CCC(=O)Nc1ccc(C)cc1C)CCc1ccccc1. The number of nitrogens with one attached hydrogen (secondary N) is 1. The van der Waals surface area contributed by atoms with Gasteiger partial charge in [-0.1, -0.05) is 48.0 Å². The summed E-state index contributed by atoms with van der Waals surface area (Å²) in [7, 11) is 0. The molecule has 2 rings (SSSR count). The Labute approximate surface area is 149 Å². The van der Waals surface area contributed by atoms with Gasteiger partial charge in [-0.3, -0.25) is 9.59 Å². The second-order valence-electron chi connectivity index (χ2n) is 6.36. The van der Waals surface area contributed by atoms with Gasteiger partial charge in [0.15, 0.2) is 0 Å². The van der Waals surface area contributed by atoms with Crippen LogP contribution in [-0.4, -0.2) is 29.8 Å². The molecule has 2 aromatic rings. The molecule has 0 aliphatic heterocycles. The fraction of sp³-hybridized carbons (Fsp3) is 0.333. The van der Waals surface area contributed by atoms with Gasteiger partial charge in [0.2, 0.25) is 11.8 Å². The molecule has 2 aromatic carbocycles. The molecule has 4 heteroatoms. The third-order valence-corrected chi connectivity index (χ3v) is 4.22. The van der Waals surface area contributed by atoms with Crippen LogP contribution in [0.1, 0.15) is 30.0 Å². The molecule has 0 atom stereocenters. The van der Waals surface area contributed by atoms with E-state index in [0.29, 0.717) is 19.5 Å². The number of hydrogen-bond donors (Lipinski definition) is 1. The van der Waals surface area contributed by atoms with E-state index in [1.54, 1.807) is 11.8 Å². The van der Waals surface area contributed by atoms with Gasteiger partial charge in [0.05, 0.1) is 0 Å². The summed E-state index contributed by atoms with van der Waals surface area (Å²) < 4.78 is 0. The first-order chi connectivity index (χ1) is 12.0. The highest BCUT2D eigenvalue weighted by atomic mass is 16.2. The average molecular weight is 338 g/mol. The van der Waals surface area contributed by atoms with Gasteiger partial charge >= 0.3 is 0 Å². The Bertz CT molecular complexity index is 726. The maximum absolute atomic E-state index is 12.2. The van der Waals surface area contributed by atoms with Crippen molar-refractivity contribution < 1.29 is 9.59 Å². The van der Waals surface area contributed by atoms with Crippen LogP contribution < -0.4 is 5.32 Å². The number of benzene rings is 2. The number of carbonyl (C=O) groups is 2. The van der Waals surface area contributed by atoms with Crippen LogP contribution in [0.4, 0.5) is 5.69 Å². The Hall–Kier alpha value is -2.62. The molecule has 2 amide bonds. The molecule has 0 saturated heterocycles. The lowest BCUT2D eigenvalue weighted by Crippen LogP contribution is -2.33. The van der Waals surface area contributed by atoms with Gasteiger partial charge < -0.3 is 10.2 Å². The van der Waals surface area contributed by atoms with E-state index in [1.165, 1.54) is 11.1 Å². The van der Waals surface area contributed by atoms with Crippen LogP contribution >= 0.6 is 0 Å². The maximum Gasteiger partial charge on any atom is 0.226 e. The predicted octanol–water partition coefficient (Wildman–Crippen LogP) is 3.72. The summed E-state index contributed by atoms with van der Waals surface area (Å²) >= 11 is 0. The molecule has 0 bridgehead atoms. The Morgan fingerprint density at radius 2 is 1.72 bits per heavy atom. The minimum atomic E-state index is -0.0714. The van der Waals surface area contributed by atoms with E-state index in [-0.39, 0.29) is 11.8 Å². The number of amides is 2. The molecule has 0 radical (unpaired) electrons. The van der Waals surface area contributed by atoms with Gasteiger partial charge in [-0.05, 0) is 37.5 Å². The lowest BCUT2D eigenvalue weighted by molar-refractivity contribution is -0.129. The molecule has 0 aromatic heterocycles. The summed E-state index contributed by atoms with van der Waals surface area (Å²) in [6, 6.07) is 16.0. The number of aryl methyl sites for hydroxylation is 2. The molecule has 0 aliphatic carbocycles. The molecule has 132 valence electrons. The van der Waals surface area contributed by atoms with Gasteiger partial charge in [-0.25, -0.2) is 0 Å². The zero-order valence-corrected chi connectivity index (χ0v) is 15.2. The second kappa shape index (κ2) is 9.02. The van der Waals surface area contributed by atoms with Crippen LogP contribution in [0.2, 0.25) is 0 Å². The van der Waals surface area contributed by atoms with Crippen molar-refractivity contribution in [3.8, 4) is 0 Å². The second-order valence-corrected chi connectivity index (χ2v) is 6.36. The third kappa shape index (κ3) is 6.07. The van der Waals surface area contributed by atoms with Crippen molar-refractivity contribution in [3.05, 3.63) is 65.2 Å². The Morgan fingerprint density at radius 1 is 1.00 bits per heavy atom. The van der Waals surface area contributed by atoms with Crippen LogP contribution in [0.15, 0.2) is 48.5 Å². The Kier molecular flexibility index (Phi) is 6.75. The average Bonchev–Trinajstić information content (AvgIpc) is 2.58. The minimum Gasteiger partial charge on any atom is -0.342 e. The first-order valence-electron chi connectivity index (χ1n) is 8.62. The van der Waals surface area contributed by atoms with Gasteiger partial charge in [-0.15, -0.1) is 0 Å². The standard InChI is InChI=1S/C21H26N2O2/c1-16-9-10-20(17(2)15-16)22-21(25)12-14-23(18(3)24)13-11-19-7-5-4-6-8-19/h4-10,15H,11-14H2,1-3H3,(H,22,25). The number of rotatable bonds is 7. The summed E-state index contributed by atoms with van der Waals surface area (Å²) in [6.07, 6.45) is 1.08. The zero-order valence-electron chi connectivity index (χ0n) is 15.2. The van der Waals surface area contributed by atoms with Crippen LogP contribution in [0.5, 0.6) is 0 Å². The smallest absolute Gasteiger partial charge is 0.226 e. The van der Waals surface area contributed by atoms with Crippen LogP contribution in [0.3, 0.4) is 0 Å². The lowest BCUT2D eigenvalue weighted by atomic mass is 10.1. The highest BCUT2D eigenvalue weighted by molar-refractivity contribution is 5.91. The zero-order chi connectivity index (χ0) is 18.2. The van der Waals surface area contributed by atoms with E-state index in [2.05, 4.69) is 5.32 Å². The molecule has 0 fully saturated rings. The molecular formula is C21H26N2O2. The van der Waals surface area contributed by atoms with E-state index < -0.39 is 0 Å². The maximum atomic E-state index is 12.2. The van der Waals surface area contributed by atoms with Crippen molar-refractivity contribution in [1.29, 1.82) is 0 Å². The fourth-order valence-electron chi connectivity index (χ4n) is 2.74. The van der Waals surface area contributed by atoms with E-state index in [0.717, 1.165) is 17.7 Å². The molecule has 4 nitrogen and oxygen atoms in total. The summed E-state index contributed by atoms with van der Waals surface area (Å²) in [5.74, 6) is -0.0758. The fourth-order valence-corrected chi connectivity index (χ4v) is 2.74. The topological polar surface area (TPSA) is 49.4 Å². The molecule has 25 heavy (non-hydrogen) atoms. The molecule has 0 saturated carbocycles. The highest BCUT2D eigenvalue weighted by Gasteiger charge is 2.12. The van der Waals surface area contributed by atoms with Crippen molar-refractivity contribution in [1.82, 2.24) is 4.90 Å². The lowest BCUT2D eigenvalue weighted by Gasteiger charge is -2.21. The molecule has 0 unspecified atom stereocenters. The number of nitrogens with zero attached hydrogens (tertiary/aromatic N) is 1. The Balaban J connectivity index is 1.85. The van der Waals surface area contributed by atoms with Gasteiger partial charge in [0, 0.05) is 32.1 Å². The van der Waals surface area contributed by atoms with E-state index in [9.17, 15) is 9.59 Å². The van der Waals surface area contributed by atoms with Crippen molar-refractivity contribution in [3.63, 3.8) is 0 Å². The van der Waals surface area contributed by atoms with E-state index in [4.69, 9.17) is 0 Å². The summed E-state index contributed by atoms with van der Waals surface area (Å²) in [4.78, 5) is 25.8. The van der Waals surface area contributed by atoms with Gasteiger partial charge in [-0.2, -0.15) is 0 Å². The van der Waals surface area contributed by atoms with Gasteiger partial charge in [0.1, 0.15) is 0 Å². The van der Waals surface area contributed by atoms with Crippen LogP contribution in [0.25, 0.3) is 0 Å². The monoisotopic (exact) mass is 338 g/mol. The van der Waals surface area contributed by atoms with E-state index >= 15 is 0 Å². The summed E-state index contributed by atoms with van der Waals surface area (Å²) in [5.41, 5.74) is 4.22. The predicted molar refractivity (Wildman–Crippen MR) is 102 cm³/mol. The van der Waals surface area contributed by atoms with Crippen LogP contribution in [-0.2, 0) is 16.0 Å². The van der Waals surface area contributed by atoms with Crippen LogP contribution in [0, 0.1) is 13.8 Å². The molecular weight excluding hydrogens is 312 g/mol. The van der Waals surface area contributed by atoms with Crippen molar-refractivity contribution in [2.45, 2.75) is 33.6 Å². The van der Waals surface area contributed by atoms with Crippen molar-refractivity contribution in [2.24, 2.45) is 0 Å². The Morgan fingerprint density at radius 3 is 2.36 bits per heavy atom. The molecule has 0 aliphatic rings. The third-order valence-electron chi connectivity index (χ3n) is 4.22. The first kappa shape index (κ1) is 18.7. The molecule has 1 N–H and O–H groups in total. The number of anilines is 1. The minimum absolute atomic E-state index is 0.00440. The number of hydrogen-bond acceptors (Lipinski definition) is 2. The quantitative estimate of drug-likeness (QED) is 0.836. The van der Waals surface area contributed by atoms with Gasteiger partial charge in [0.25, 0.3) is 0 Å². The summed E-state index contributed by atoms with van der Waals surface area (Å²) in [5, 5.41) is 2.93. The van der Waals surface area contributed by atoms with Crippen molar-refractivity contribution >= 4 is 17.5 Å². The van der Waals surface area contributed by atoms with E-state index in [1.807, 2.05) is 62.4 Å². The number of carbonyl (C=O) groups excluding carboxylic acids is 2. The normalized spacial score (nSPS) is 10.4. The van der Waals surface area contributed by atoms with Crippen molar-refractivity contribution in [2.75, 3.05) is 18.4 Å².